The minimum Gasteiger partial charge on any atom is -0.451 e. The number of imide groups is 1. The third-order valence-corrected chi connectivity index (χ3v) is 4.09. The van der Waals surface area contributed by atoms with Crippen molar-refractivity contribution in [3.63, 3.8) is 0 Å². The molecule has 0 saturated heterocycles. The van der Waals surface area contributed by atoms with Crippen LogP contribution in [0.1, 0.15) is 51.0 Å². The van der Waals surface area contributed by atoms with Crippen molar-refractivity contribution in [2.45, 2.75) is 46.6 Å². The first-order valence-electron chi connectivity index (χ1n) is 8.28. The second kappa shape index (κ2) is 10.7. The summed E-state index contributed by atoms with van der Waals surface area (Å²) in [6.07, 6.45) is 1.74. The second-order valence-corrected chi connectivity index (χ2v) is 6.91. The molecule has 0 aromatic carbocycles. The van der Waals surface area contributed by atoms with Gasteiger partial charge in [-0.1, -0.05) is 20.8 Å². The van der Waals surface area contributed by atoms with Gasteiger partial charge in [-0.25, -0.2) is 14.6 Å². The van der Waals surface area contributed by atoms with E-state index in [0.717, 1.165) is 19.4 Å². The molecule has 140 valence electrons. The smallest absolute Gasteiger partial charge is 0.358 e. The van der Waals surface area contributed by atoms with Gasteiger partial charge in [-0.15, -0.1) is 11.3 Å². The molecule has 0 aliphatic carbocycles. The molecule has 8 nitrogen and oxygen atoms in total. The summed E-state index contributed by atoms with van der Waals surface area (Å²) in [5.41, 5.74) is 0.133. The lowest BCUT2D eigenvalue weighted by Gasteiger charge is -2.11. The number of esters is 1. The van der Waals surface area contributed by atoms with Crippen LogP contribution >= 0.6 is 11.3 Å². The van der Waals surface area contributed by atoms with Crippen molar-refractivity contribution in [1.29, 1.82) is 0 Å². The van der Waals surface area contributed by atoms with Crippen molar-refractivity contribution in [1.82, 2.24) is 15.6 Å². The number of carbonyl (C=O) groups excluding carboxylic acids is 3. The Bertz CT molecular complexity index is 588. The highest BCUT2D eigenvalue weighted by molar-refractivity contribution is 7.13. The molecule has 1 rings (SSSR count). The number of hydrogen-bond acceptors (Lipinski definition) is 7. The Hall–Kier alpha value is -2.16. The fourth-order valence-corrected chi connectivity index (χ4v) is 2.35. The van der Waals surface area contributed by atoms with Gasteiger partial charge in [0, 0.05) is 18.0 Å². The van der Waals surface area contributed by atoms with E-state index < -0.39 is 24.5 Å². The number of anilines is 1. The molecular formula is C16H26N4O4S. The van der Waals surface area contributed by atoms with Crippen molar-refractivity contribution in [2.75, 3.05) is 18.5 Å². The van der Waals surface area contributed by atoms with Gasteiger partial charge >= 0.3 is 12.0 Å². The number of aromatic nitrogens is 1. The Morgan fingerprint density at radius 1 is 1.28 bits per heavy atom. The summed E-state index contributed by atoms with van der Waals surface area (Å²) in [5.74, 6) is -0.821. The van der Waals surface area contributed by atoms with Crippen molar-refractivity contribution < 1.29 is 19.1 Å². The molecule has 1 heterocycles. The van der Waals surface area contributed by atoms with E-state index >= 15 is 0 Å². The lowest BCUT2D eigenvalue weighted by atomic mass is 10.1. The average Bonchev–Trinajstić information content (AvgIpc) is 3.00. The standard InChI is InChI=1S/C16H26N4O4S/c1-5-11(4)18-15(23)20-13(21)8-24-14(22)12-9-25-16(19-12)17-7-6-10(2)3/h9-11H,5-8H2,1-4H3,(H,17,19)(H2,18,20,21,23)/t11-/m0/s1. The topological polar surface area (TPSA) is 109 Å². The normalized spacial score (nSPS) is 11.7. The zero-order chi connectivity index (χ0) is 18.8. The van der Waals surface area contributed by atoms with Crippen molar-refractivity contribution in [3.8, 4) is 0 Å². The number of nitrogens with zero attached hydrogens (tertiary/aromatic N) is 1. The molecule has 9 heteroatoms. The van der Waals surface area contributed by atoms with Gasteiger partial charge in [-0.05, 0) is 25.7 Å². The molecule has 25 heavy (non-hydrogen) atoms. The van der Waals surface area contributed by atoms with Crippen LogP contribution in [0.3, 0.4) is 0 Å². The van der Waals surface area contributed by atoms with E-state index in [1.54, 1.807) is 5.38 Å². The minimum atomic E-state index is -0.703. The average molecular weight is 370 g/mol. The Balaban J connectivity index is 2.35. The molecule has 0 aliphatic heterocycles. The van der Waals surface area contributed by atoms with Crippen LogP contribution in [0.15, 0.2) is 5.38 Å². The van der Waals surface area contributed by atoms with E-state index in [1.165, 1.54) is 11.3 Å². The summed E-state index contributed by atoms with van der Waals surface area (Å²) in [7, 11) is 0. The molecule has 0 radical (unpaired) electrons. The van der Waals surface area contributed by atoms with Crippen LogP contribution in [0.25, 0.3) is 0 Å². The first-order chi connectivity index (χ1) is 11.8. The molecule has 3 amide bonds. The third kappa shape index (κ3) is 8.48. The number of ether oxygens (including phenoxy) is 1. The molecular weight excluding hydrogens is 344 g/mol. The van der Waals surface area contributed by atoms with Gasteiger partial charge < -0.3 is 15.4 Å². The third-order valence-electron chi connectivity index (χ3n) is 3.29. The highest BCUT2D eigenvalue weighted by Crippen LogP contribution is 2.16. The molecule has 1 atom stereocenters. The Morgan fingerprint density at radius 3 is 2.64 bits per heavy atom. The quantitative estimate of drug-likeness (QED) is 0.576. The number of thiazole rings is 1. The fourth-order valence-electron chi connectivity index (χ4n) is 1.65. The zero-order valence-electron chi connectivity index (χ0n) is 15.0. The van der Waals surface area contributed by atoms with Crippen LogP contribution in [0.4, 0.5) is 9.93 Å². The number of amides is 3. The summed E-state index contributed by atoms with van der Waals surface area (Å²) in [4.78, 5) is 39.1. The van der Waals surface area contributed by atoms with Crippen LogP contribution in [0.2, 0.25) is 0 Å². The van der Waals surface area contributed by atoms with E-state index in [0.29, 0.717) is 11.0 Å². The number of carbonyl (C=O) groups is 3. The van der Waals surface area contributed by atoms with Gasteiger partial charge in [0.15, 0.2) is 17.4 Å². The number of rotatable bonds is 9. The molecule has 0 fully saturated rings. The molecule has 0 saturated carbocycles. The van der Waals surface area contributed by atoms with Gasteiger partial charge in [-0.3, -0.25) is 10.1 Å². The molecule has 1 aromatic rings. The van der Waals surface area contributed by atoms with Gasteiger partial charge in [0.2, 0.25) is 0 Å². The van der Waals surface area contributed by atoms with Crippen molar-refractivity contribution in [3.05, 3.63) is 11.1 Å². The maximum absolute atomic E-state index is 11.9. The van der Waals surface area contributed by atoms with Gasteiger partial charge in [-0.2, -0.15) is 0 Å². The lowest BCUT2D eigenvalue weighted by Crippen LogP contribution is -2.44. The summed E-state index contributed by atoms with van der Waals surface area (Å²) < 4.78 is 4.86. The Kier molecular flexibility index (Phi) is 8.90. The summed E-state index contributed by atoms with van der Waals surface area (Å²) >= 11 is 1.30. The van der Waals surface area contributed by atoms with Crippen LogP contribution in [-0.2, 0) is 9.53 Å². The van der Waals surface area contributed by atoms with E-state index in [2.05, 4.69) is 34.8 Å². The monoisotopic (exact) mass is 370 g/mol. The van der Waals surface area contributed by atoms with E-state index in [4.69, 9.17) is 4.74 Å². The van der Waals surface area contributed by atoms with Gasteiger partial charge in [0.05, 0.1) is 0 Å². The number of urea groups is 1. The maximum atomic E-state index is 11.9. The summed E-state index contributed by atoms with van der Waals surface area (Å²) in [6, 6.07) is -0.660. The first kappa shape index (κ1) is 20.9. The van der Waals surface area contributed by atoms with Crippen molar-refractivity contribution >= 4 is 34.4 Å². The predicted octanol–water partition coefficient (Wildman–Crippen LogP) is 2.38. The first-order valence-corrected chi connectivity index (χ1v) is 9.16. The van der Waals surface area contributed by atoms with Gasteiger partial charge in [0.1, 0.15) is 0 Å². The zero-order valence-corrected chi connectivity index (χ0v) is 15.9. The molecule has 0 aliphatic rings. The van der Waals surface area contributed by atoms with E-state index in [1.807, 2.05) is 13.8 Å². The van der Waals surface area contributed by atoms with Gasteiger partial charge in [0.25, 0.3) is 5.91 Å². The molecule has 1 aromatic heterocycles. The summed E-state index contributed by atoms with van der Waals surface area (Å²) in [5, 5.41) is 10.0. The Morgan fingerprint density at radius 2 is 2.00 bits per heavy atom. The van der Waals surface area contributed by atoms with Crippen LogP contribution in [0.5, 0.6) is 0 Å². The Labute approximate surface area is 151 Å². The maximum Gasteiger partial charge on any atom is 0.358 e. The highest BCUT2D eigenvalue weighted by atomic mass is 32.1. The summed E-state index contributed by atoms with van der Waals surface area (Å²) in [6.45, 7) is 8.21. The fraction of sp³-hybridized carbons (Fsp3) is 0.625. The van der Waals surface area contributed by atoms with Crippen LogP contribution < -0.4 is 16.0 Å². The SMILES string of the molecule is CC[C@H](C)NC(=O)NC(=O)COC(=O)c1csc(NCCC(C)C)n1. The molecule has 3 N–H and O–H groups in total. The van der Waals surface area contributed by atoms with E-state index in [9.17, 15) is 14.4 Å². The second-order valence-electron chi connectivity index (χ2n) is 6.05. The largest absolute Gasteiger partial charge is 0.451 e. The van der Waals surface area contributed by atoms with E-state index in [-0.39, 0.29) is 11.7 Å². The number of hydrogen-bond donors (Lipinski definition) is 3. The minimum absolute atomic E-state index is 0.0491. The molecule has 0 spiro atoms. The van der Waals surface area contributed by atoms with Crippen LogP contribution in [-0.4, -0.2) is 42.1 Å². The van der Waals surface area contributed by atoms with Crippen molar-refractivity contribution in [2.24, 2.45) is 5.92 Å². The lowest BCUT2D eigenvalue weighted by molar-refractivity contribution is -0.123. The van der Waals surface area contributed by atoms with Crippen LogP contribution in [0, 0.1) is 5.92 Å². The number of nitrogens with one attached hydrogen (secondary N) is 3. The highest BCUT2D eigenvalue weighted by Gasteiger charge is 2.16. The molecule has 0 bridgehead atoms. The molecule has 0 unspecified atom stereocenters. The predicted molar refractivity (Wildman–Crippen MR) is 96.8 cm³/mol.